The molecular formula is C21H26NO2P. The number of nitrogens with zero attached hydrogens (tertiary/aromatic N) is 1. The summed E-state index contributed by atoms with van der Waals surface area (Å²) < 4.78 is 14.4. The maximum atomic E-state index is 14.4. The van der Waals surface area contributed by atoms with E-state index < -0.39 is 7.14 Å². The van der Waals surface area contributed by atoms with Crippen molar-refractivity contribution in [2.24, 2.45) is 0 Å². The van der Waals surface area contributed by atoms with Crippen LogP contribution in [0.2, 0.25) is 0 Å². The van der Waals surface area contributed by atoms with E-state index in [2.05, 4.69) is 12.0 Å². The van der Waals surface area contributed by atoms with Crippen LogP contribution in [0, 0.1) is 0 Å². The molecule has 0 aromatic heterocycles. The van der Waals surface area contributed by atoms with E-state index in [1.807, 2.05) is 60.7 Å². The molecule has 2 saturated heterocycles. The molecule has 0 aliphatic carbocycles. The van der Waals surface area contributed by atoms with Crippen molar-refractivity contribution in [1.82, 2.24) is 5.06 Å². The van der Waals surface area contributed by atoms with Crippen molar-refractivity contribution in [3.05, 3.63) is 60.7 Å². The molecule has 0 amide bonds. The highest BCUT2D eigenvalue weighted by Gasteiger charge is 2.45. The van der Waals surface area contributed by atoms with Gasteiger partial charge in [-0.3, -0.25) is 4.84 Å². The zero-order valence-corrected chi connectivity index (χ0v) is 15.6. The summed E-state index contributed by atoms with van der Waals surface area (Å²) in [5.74, 6) is 0. The molecule has 132 valence electrons. The summed E-state index contributed by atoms with van der Waals surface area (Å²) in [6, 6.07) is 20.4. The van der Waals surface area contributed by atoms with E-state index in [0.717, 1.165) is 23.6 Å². The van der Waals surface area contributed by atoms with Crippen LogP contribution in [0.4, 0.5) is 0 Å². The lowest BCUT2D eigenvalue weighted by molar-refractivity contribution is -0.170. The fourth-order valence-electron chi connectivity index (χ4n) is 4.27. The minimum atomic E-state index is -2.77. The zero-order valence-electron chi connectivity index (χ0n) is 14.8. The van der Waals surface area contributed by atoms with E-state index >= 15 is 0 Å². The van der Waals surface area contributed by atoms with E-state index in [4.69, 9.17) is 4.84 Å². The molecule has 0 bridgehead atoms. The van der Waals surface area contributed by atoms with Gasteiger partial charge in [0, 0.05) is 28.9 Å². The van der Waals surface area contributed by atoms with Gasteiger partial charge in [-0.15, -0.1) is 0 Å². The van der Waals surface area contributed by atoms with Crippen LogP contribution in [0.5, 0.6) is 0 Å². The van der Waals surface area contributed by atoms with Crippen molar-refractivity contribution in [2.75, 3.05) is 6.54 Å². The van der Waals surface area contributed by atoms with Gasteiger partial charge >= 0.3 is 0 Å². The van der Waals surface area contributed by atoms with E-state index in [9.17, 15) is 4.57 Å². The molecule has 2 heterocycles. The number of hydroxylamine groups is 2. The number of benzene rings is 2. The molecule has 4 heteroatoms. The van der Waals surface area contributed by atoms with Crippen molar-refractivity contribution < 1.29 is 9.40 Å². The van der Waals surface area contributed by atoms with Gasteiger partial charge in [0.15, 0.2) is 0 Å². The maximum absolute atomic E-state index is 14.4. The predicted octanol–water partition coefficient (Wildman–Crippen LogP) is 3.95. The first-order chi connectivity index (χ1) is 12.2. The van der Waals surface area contributed by atoms with Crippen LogP contribution in [0.25, 0.3) is 0 Å². The second kappa shape index (κ2) is 7.07. The molecule has 0 radical (unpaired) electrons. The van der Waals surface area contributed by atoms with Gasteiger partial charge in [-0.2, -0.15) is 5.06 Å². The maximum Gasteiger partial charge on any atom is 0.148 e. The fraction of sp³-hybridized carbons (Fsp3) is 0.429. The van der Waals surface area contributed by atoms with Crippen molar-refractivity contribution in [1.29, 1.82) is 0 Å². The summed E-state index contributed by atoms with van der Waals surface area (Å²) >= 11 is 0. The number of hydrogen-bond donors (Lipinski definition) is 0. The summed E-state index contributed by atoms with van der Waals surface area (Å²) in [7, 11) is -2.77. The molecule has 0 spiro atoms. The van der Waals surface area contributed by atoms with Crippen molar-refractivity contribution in [2.45, 2.75) is 50.4 Å². The first-order valence-electron chi connectivity index (χ1n) is 9.34. The monoisotopic (exact) mass is 355 g/mol. The molecule has 2 aromatic carbocycles. The molecule has 3 atom stereocenters. The van der Waals surface area contributed by atoms with Gasteiger partial charge in [0.1, 0.15) is 7.14 Å². The molecule has 0 saturated carbocycles. The van der Waals surface area contributed by atoms with Gasteiger partial charge in [0.25, 0.3) is 0 Å². The van der Waals surface area contributed by atoms with Crippen LogP contribution in [0.3, 0.4) is 0 Å². The number of hydrogen-bond acceptors (Lipinski definition) is 3. The summed E-state index contributed by atoms with van der Waals surface area (Å²) in [4.78, 5) is 6.28. The molecular weight excluding hydrogens is 329 g/mol. The molecule has 2 fully saturated rings. The molecule has 2 aliphatic heterocycles. The first-order valence-corrected chi connectivity index (χ1v) is 11.1. The number of rotatable bonds is 4. The Bertz CT molecular complexity index is 692. The second-order valence-electron chi connectivity index (χ2n) is 7.24. The van der Waals surface area contributed by atoms with Crippen molar-refractivity contribution in [3.63, 3.8) is 0 Å². The molecule has 0 N–H and O–H groups in total. The lowest BCUT2D eigenvalue weighted by Gasteiger charge is -2.30. The van der Waals surface area contributed by atoms with Crippen molar-refractivity contribution >= 4 is 17.8 Å². The minimum Gasteiger partial charge on any atom is -0.313 e. The Kier molecular flexibility index (Phi) is 4.82. The Morgan fingerprint density at radius 1 is 1.00 bits per heavy atom. The second-order valence-corrected chi connectivity index (χ2v) is 10.4. The highest BCUT2D eigenvalue weighted by atomic mass is 31.2. The number of piperidine rings is 1. The zero-order chi connectivity index (χ0) is 17.3. The Balaban J connectivity index is 1.70. The SMILES string of the molecule is C[C@H]([C@@H]1C[C@H]2CCCCN2O1)P(=O)(c1ccccc1)c1ccccc1. The van der Waals surface area contributed by atoms with Gasteiger partial charge in [0.05, 0.1) is 6.10 Å². The Morgan fingerprint density at radius 3 is 2.16 bits per heavy atom. The largest absolute Gasteiger partial charge is 0.313 e. The highest BCUT2D eigenvalue weighted by molar-refractivity contribution is 7.79. The molecule has 2 aromatic rings. The van der Waals surface area contributed by atoms with Crippen LogP contribution < -0.4 is 10.6 Å². The van der Waals surface area contributed by atoms with Gasteiger partial charge in [-0.1, -0.05) is 74.0 Å². The Labute approximate surface area is 150 Å². The third-order valence-electron chi connectivity index (χ3n) is 5.74. The third-order valence-corrected chi connectivity index (χ3v) is 9.35. The topological polar surface area (TPSA) is 29.5 Å². The van der Waals surface area contributed by atoms with Gasteiger partial charge in [0.2, 0.25) is 0 Å². The minimum absolute atomic E-state index is 0.0225. The van der Waals surface area contributed by atoms with E-state index in [0.29, 0.717) is 6.04 Å². The average molecular weight is 355 g/mol. The molecule has 2 aliphatic rings. The Hall–Kier alpha value is -1.41. The molecule has 4 rings (SSSR count). The quantitative estimate of drug-likeness (QED) is 0.778. The van der Waals surface area contributed by atoms with Crippen LogP contribution in [-0.4, -0.2) is 29.4 Å². The van der Waals surface area contributed by atoms with E-state index in [-0.39, 0.29) is 11.8 Å². The van der Waals surface area contributed by atoms with Gasteiger partial charge in [-0.25, -0.2) is 0 Å². The van der Waals surface area contributed by atoms with Crippen LogP contribution in [0.1, 0.15) is 32.6 Å². The average Bonchev–Trinajstić information content (AvgIpc) is 3.12. The fourth-order valence-corrected chi connectivity index (χ4v) is 7.38. The van der Waals surface area contributed by atoms with Crippen LogP contribution in [-0.2, 0) is 9.40 Å². The smallest absolute Gasteiger partial charge is 0.148 e. The predicted molar refractivity (Wildman–Crippen MR) is 103 cm³/mol. The highest BCUT2D eigenvalue weighted by Crippen LogP contribution is 2.52. The van der Waals surface area contributed by atoms with Crippen LogP contribution in [0.15, 0.2) is 60.7 Å². The summed E-state index contributed by atoms with van der Waals surface area (Å²) in [6.45, 7) is 3.12. The Morgan fingerprint density at radius 2 is 1.60 bits per heavy atom. The van der Waals surface area contributed by atoms with Gasteiger partial charge in [-0.05, 0) is 19.3 Å². The normalized spacial score (nSPS) is 25.5. The summed E-state index contributed by atoms with van der Waals surface area (Å²) in [6.07, 6.45) is 4.69. The standard InChI is InChI=1S/C21H26NO2P/c1-17(21-16-18-10-8-9-15-22(18)24-21)25(23,19-11-4-2-5-12-19)20-13-6-3-7-14-20/h2-7,11-14,17-18,21H,8-10,15-16H2,1H3/t17-,18-,21+/m1/s1. The molecule has 3 nitrogen and oxygen atoms in total. The van der Waals surface area contributed by atoms with Crippen LogP contribution >= 0.6 is 7.14 Å². The van der Waals surface area contributed by atoms with Gasteiger partial charge < -0.3 is 4.57 Å². The van der Waals surface area contributed by atoms with E-state index in [1.165, 1.54) is 19.3 Å². The molecule has 0 unspecified atom stereocenters. The third kappa shape index (κ3) is 3.10. The molecule has 25 heavy (non-hydrogen) atoms. The lowest BCUT2D eigenvalue weighted by Crippen LogP contribution is -2.34. The van der Waals surface area contributed by atoms with E-state index in [1.54, 1.807) is 0 Å². The number of fused-ring (bicyclic) bond motifs is 1. The first kappa shape index (κ1) is 17.0. The lowest BCUT2D eigenvalue weighted by atomic mass is 10.00. The van der Waals surface area contributed by atoms with Crippen molar-refractivity contribution in [3.8, 4) is 0 Å². The summed E-state index contributed by atoms with van der Waals surface area (Å²) in [5.41, 5.74) is -0.0390. The summed E-state index contributed by atoms with van der Waals surface area (Å²) in [5, 5.41) is 4.02.